The average Bonchev–Trinajstić information content (AvgIpc) is 3.03. The minimum atomic E-state index is -4.29. The van der Waals surface area contributed by atoms with Gasteiger partial charge in [-0.25, -0.2) is 0 Å². The molecule has 2 nitrogen and oxygen atoms in total. The van der Waals surface area contributed by atoms with Gasteiger partial charge in [-0.15, -0.1) is 0 Å². The number of alkyl halides is 3. The highest BCUT2D eigenvalue weighted by molar-refractivity contribution is 6.30. The Kier molecular flexibility index (Phi) is 5.67. The molecule has 134 valence electrons. The molecule has 0 bridgehead atoms. The number of hydrogen-bond acceptors (Lipinski definition) is 2. The van der Waals surface area contributed by atoms with Crippen LogP contribution >= 0.6 is 11.6 Å². The van der Waals surface area contributed by atoms with Gasteiger partial charge < -0.3 is 10.6 Å². The molecule has 2 atom stereocenters. The van der Waals surface area contributed by atoms with E-state index in [2.05, 4.69) is 16.7 Å². The summed E-state index contributed by atoms with van der Waals surface area (Å²) in [6, 6.07) is 13.2. The fourth-order valence-electron chi connectivity index (χ4n) is 3.29. The van der Waals surface area contributed by atoms with Gasteiger partial charge in [-0.2, -0.15) is 13.2 Å². The van der Waals surface area contributed by atoms with Gasteiger partial charge in [0.25, 0.3) is 0 Å². The van der Waals surface area contributed by atoms with E-state index in [-0.39, 0.29) is 0 Å². The zero-order chi connectivity index (χ0) is 17.9. The summed E-state index contributed by atoms with van der Waals surface area (Å²) >= 11 is 6.08. The lowest BCUT2D eigenvalue weighted by Crippen LogP contribution is -2.27. The molecule has 1 saturated heterocycles. The first-order chi connectivity index (χ1) is 11.9. The van der Waals surface area contributed by atoms with Crippen molar-refractivity contribution in [2.75, 3.05) is 19.6 Å². The maximum atomic E-state index is 12.6. The summed E-state index contributed by atoms with van der Waals surface area (Å²) in [5.41, 5.74) is 1.45. The molecule has 0 saturated carbocycles. The lowest BCUT2D eigenvalue weighted by atomic mass is 9.89. The molecule has 0 radical (unpaired) electrons. The van der Waals surface area contributed by atoms with Crippen LogP contribution in [0, 0.1) is 5.92 Å². The molecule has 3 rings (SSSR count). The second-order valence-corrected chi connectivity index (χ2v) is 6.84. The zero-order valence-corrected chi connectivity index (χ0v) is 14.4. The Labute approximate surface area is 150 Å². The lowest BCUT2D eigenvalue weighted by molar-refractivity contribution is -0.137. The molecule has 2 unspecified atom stereocenters. The molecule has 6 heteroatoms. The first kappa shape index (κ1) is 18.2. The summed E-state index contributed by atoms with van der Waals surface area (Å²) in [6.07, 6.45) is -4.29. The van der Waals surface area contributed by atoms with Gasteiger partial charge in [0.15, 0.2) is 0 Å². The Hall–Kier alpha value is -1.56. The van der Waals surface area contributed by atoms with Crippen LogP contribution in [-0.4, -0.2) is 19.6 Å². The van der Waals surface area contributed by atoms with Gasteiger partial charge in [0.05, 0.1) is 5.56 Å². The standard InChI is InChI=1S/C19H20ClF3N2/c20-17-3-1-2-14(8-17)18-12-25-11-15(18)10-24-9-13-4-6-16(7-5-13)19(21,22)23/h1-8,15,18,24-25H,9-12H2. The van der Waals surface area contributed by atoms with E-state index in [9.17, 15) is 13.2 Å². The van der Waals surface area contributed by atoms with Gasteiger partial charge in [0.1, 0.15) is 0 Å². The van der Waals surface area contributed by atoms with E-state index in [4.69, 9.17) is 11.6 Å². The second-order valence-electron chi connectivity index (χ2n) is 6.41. The van der Waals surface area contributed by atoms with Crippen LogP contribution in [0.1, 0.15) is 22.6 Å². The van der Waals surface area contributed by atoms with Crippen molar-refractivity contribution in [1.29, 1.82) is 0 Å². The Balaban J connectivity index is 1.54. The van der Waals surface area contributed by atoms with E-state index in [0.717, 1.165) is 42.4 Å². The largest absolute Gasteiger partial charge is 0.416 e. The van der Waals surface area contributed by atoms with Crippen molar-refractivity contribution in [2.45, 2.75) is 18.6 Å². The molecule has 25 heavy (non-hydrogen) atoms. The van der Waals surface area contributed by atoms with Crippen molar-refractivity contribution >= 4 is 11.6 Å². The van der Waals surface area contributed by atoms with Crippen LogP contribution in [0.3, 0.4) is 0 Å². The van der Waals surface area contributed by atoms with Gasteiger partial charge >= 0.3 is 6.18 Å². The minimum absolute atomic E-state index is 0.388. The molecule has 0 aromatic heterocycles. The molecule has 2 aromatic carbocycles. The van der Waals surface area contributed by atoms with E-state index >= 15 is 0 Å². The van der Waals surface area contributed by atoms with Crippen LogP contribution < -0.4 is 10.6 Å². The van der Waals surface area contributed by atoms with Gasteiger partial charge in [-0.05, 0) is 47.9 Å². The van der Waals surface area contributed by atoms with Gasteiger partial charge in [0, 0.05) is 30.6 Å². The highest BCUT2D eigenvalue weighted by atomic mass is 35.5. The molecular formula is C19H20ClF3N2. The fraction of sp³-hybridized carbons (Fsp3) is 0.368. The molecule has 1 fully saturated rings. The topological polar surface area (TPSA) is 24.1 Å². The van der Waals surface area contributed by atoms with Crippen molar-refractivity contribution < 1.29 is 13.2 Å². The number of nitrogens with one attached hydrogen (secondary N) is 2. The fourth-order valence-corrected chi connectivity index (χ4v) is 3.49. The van der Waals surface area contributed by atoms with E-state index in [1.807, 2.05) is 18.2 Å². The summed E-state index contributed by atoms with van der Waals surface area (Å²) in [5, 5.41) is 7.50. The van der Waals surface area contributed by atoms with Crippen LogP contribution in [0.2, 0.25) is 5.02 Å². The van der Waals surface area contributed by atoms with E-state index in [0.29, 0.717) is 18.4 Å². The Morgan fingerprint density at radius 2 is 1.84 bits per heavy atom. The van der Waals surface area contributed by atoms with Gasteiger partial charge in [-0.3, -0.25) is 0 Å². The Morgan fingerprint density at radius 3 is 2.52 bits per heavy atom. The first-order valence-corrected chi connectivity index (χ1v) is 8.64. The maximum absolute atomic E-state index is 12.6. The second kappa shape index (κ2) is 7.77. The first-order valence-electron chi connectivity index (χ1n) is 8.26. The summed E-state index contributed by atoms with van der Waals surface area (Å²) in [4.78, 5) is 0. The third-order valence-electron chi connectivity index (χ3n) is 4.63. The number of hydrogen-bond donors (Lipinski definition) is 2. The van der Waals surface area contributed by atoms with Crippen LogP contribution in [0.15, 0.2) is 48.5 Å². The monoisotopic (exact) mass is 368 g/mol. The van der Waals surface area contributed by atoms with Gasteiger partial charge in [-0.1, -0.05) is 35.9 Å². The highest BCUT2D eigenvalue weighted by Gasteiger charge is 2.30. The third-order valence-corrected chi connectivity index (χ3v) is 4.87. The predicted octanol–water partition coefficient (Wildman–Crippen LogP) is 4.45. The summed E-state index contributed by atoms with van der Waals surface area (Å²) in [5.74, 6) is 0.812. The Morgan fingerprint density at radius 1 is 1.08 bits per heavy atom. The molecule has 1 aliphatic heterocycles. The van der Waals surface area contributed by atoms with Crippen molar-refractivity contribution in [3.63, 3.8) is 0 Å². The summed E-state index contributed by atoms with van der Waals surface area (Å²) in [7, 11) is 0. The van der Waals surface area contributed by atoms with E-state index < -0.39 is 11.7 Å². The molecular weight excluding hydrogens is 349 g/mol. The number of rotatable bonds is 5. The molecule has 2 aromatic rings. The molecule has 1 heterocycles. The van der Waals surface area contributed by atoms with E-state index in [1.165, 1.54) is 17.7 Å². The van der Waals surface area contributed by atoms with Crippen LogP contribution in [0.5, 0.6) is 0 Å². The zero-order valence-electron chi connectivity index (χ0n) is 13.6. The smallest absolute Gasteiger partial charge is 0.316 e. The van der Waals surface area contributed by atoms with Crippen molar-refractivity contribution in [1.82, 2.24) is 10.6 Å². The van der Waals surface area contributed by atoms with Crippen LogP contribution in [0.4, 0.5) is 13.2 Å². The quantitative estimate of drug-likeness (QED) is 0.814. The third kappa shape index (κ3) is 4.75. The molecule has 1 aliphatic rings. The van der Waals surface area contributed by atoms with Crippen molar-refractivity contribution in [2.24, 2.45) is 5.92 Å². The molecule has 0 amide bonds. The van der Waals surface area contributed by atoms with E-state index in [1.54, 1.807) is 0 Å². The minimum Gasteiger partial charge on any atom is -0.316 e. The van der Waals surface area contributed by atoms with Crippen molar-refractivity contribution in [3.8, 4) is 0 Å². The molecule has 2 N–H and O–H groups in total. The lowest BCUT2D eigenvalue weighted by Gasteiger charge is -2.20. The SMILES string of the molecule is FC(F)(F)c1ccc(CNCC2CNCC2c2cccc(Cl)c2)cc1. The Bertz CT molecular complexity index is 701. The predicted molar refractivity (Wildman–Crippen MR) is 93.7 cm³/mol. The summed E-state index contributed by atoms with van der Waals surface area (Å²) in [6.45, 7) is 3.17. The normalized spacial score (nSPS) is 20.8. The number of benzene rings is 2. The van der Waals surface area contributed by atoms with Gasteiger partial charge in [0.2, 0.25) is 0 Å². The average molecular weight is 369 g/mol. The highest BCUT2D eigenvalue weighted by Crippen LogP contribution is 2.30. The van der Waals surface area contributed by atoms with Crippen LogP contribution in [0.25, 0.3) is 0 Å². The molecule has 0 aliphatic carbocycles. The molecule has 0 spiro atoms. The van der Waals surface area contributed by atoms with Crippen LogP contribution in [-0.2, 0) is 12.7 Å². The number of halogens is 4. The maximum Gasteiger partial charge on any atom is 0.416 e. The summed E-state index contributed by atoms with van der Waals surface area (Å²) < 4.78 is 37.7. The van der Waals surface area contributed by atoms with Crippen molar-refractivity contribution in [3.05, 3.63) is 70.2 Å².